The van der Waals surface area contributed by atoms with E-state index < -0.39 is 0 Å². The van der Waals surface area contributed by atoms with Crippen LogP contribution in [-0.4, -0.2) is 41.1 Å². The van der Waals surface area contributed by atoms with E-state index in [9.17, 15) is 4.79 Å². The molecule has 0 atom stereocenters. The van der Waals surface area contributed by atoms with E-state index in [1.54, 1.807) is 14.2 Å². The Morgan fingerprint density at radius 3 is 2.50 bits per heavy atom. The lowest BCUT2D eigenvalue weighted by Crippen LogP contribution is -2.14. The average molecular weight is 417 g/mol. The number of aryl methyl sites for hydroxylation is 2. The molecule has 2 aromatic heterocycles. The molecule has 2 heterocycles. The molecule has 0 aliphatic rings. The summed E-state index contributed by atoms with van der Waals surface area (Å²) < 4.78 is 10.6. The normalized spacial score (nSPS) is 10.6. The van der Waals surface area contributed by atoms with Crippen LogP contribution in [0.5, 0.6) is 11.5 Å². The molecule has 0 radical (unpaired) electrons. The van der Waals surface area contributed by atoms with Gasteiger partial charge in [-0.1, -0.05) is 11.8 Å². The van der Waals surface area contributed by atoms with Crippen LogP contribution in [0.25, 0.3) is 11.3 Å². The zero-order valence-electron chi connectivity index (χ0n) is 16.0. The van der Waals surface area contributed by atoms with Crippen LogP contribution in [0, 0.1) is 13.8 Å². The molecule has 1 amide bonds. The van der Waals surface area contributed by atoms with Gasteiger partial charge in [0.25, 0.3) is 0 Å². The average Bonchev–Trinajstić information content (AvgIpc) is 3.03. The van der Waals surface area contributed by atoms with Gasteiger partial charge in [0.05, 0.1) is 31.4 Å². The van der Waals surface area contributed by atoms with E-state index in [2.05, 4.69) is 20.5 Å². The smallest absolute Gasteiger partial charge is 0.236 e. The highest BCUT2D eigenvalue weighted by atomic mass is 32.2. The van der Waals surface area contributed by atoms with Crippen LogP contribution in [0.4, 0.5) is 5.13 Å². The van der Waals surface area contributed by atoms with E-state index in [1.165, 1.54) is 23.1 Å². The first-order chi connectivity index (χ1) is 13.5. The Balaban J connectivity index is 1.60. The second-order valence-electron chi connectivity index (χ2n) is 5.82. The predicted octanol–water partition coefficient (Wildman–Crippen LogP) is 3.96. The van der Waals surface area contributed by atoms with Crippen molar-refractivity contribution in [1.29, 1.82) is 0 Å². The standard InChI is InChI=1S/C19H20N4O3S2/c1-11-12(2)28-19(20-11)21-17(24)10-27-18-8-6-14(22-23-18)13-5-7-15(25-3)16(9-13)26-4/h5-9H,10H2,1-4H3,(H,20,21,24). The molecule has 146 valence electrons. The van der Waals surface area contributed by atoms with Crippen molar-refractivity contribution < 1.29 is 14.3 Å². The summed E-state index contributed by atoms with van der Waals surface area (Å²) in [5.41, 5.74) is 2.52. The fourth-order valence-electron chi connectivity index (χ4n) is 2.37. The molecule has 0 unspecified atom stereocenters. The molecule has 1 aromatic carbocycles. The molecule has 0 saturated heterocycles. The molecular weight excluding hydrogens is 396 g/mol. The van der Waals surface area contributed by atoms with Gasteiger partial charge in [-0.25, -0.2) is 4.98 Å². The Morgan fingerprint density at radius 1 is 1.11 bits per heavy atom. The van der Waals surface area contributed by atoms with Crippen molar-refractivity contribution in [3.05, 3.63) is 40.9 Å². The number of methoxy groups -OCH3 is 2. The highest BCUT2D eigenvalue weighted by molar-refractivity contribution is 7.99. The molecule has 3 rings (SSSR count). The summed E-state index contributed by atoms with van der Waals surface area (Å²) >= 11 is 2.79. The number of nitrogens with one attached hydrogen (secondary N) is 1. The Labute approximate surface area is 171 Å². The van der Waals surface area contributed by atoms with Crippen LogP contribution in [0.3, 0.4) is 0 Å². The Kier molecular flexibility index (Phi) is 6.48. The fourth-order valence-corrected chi connectivity index (χ4v) is 3.81. The van der Waals surface area contributed by atoms with E-state index in [-0.39, 0.29) is 11.7 Å². The minimum Gasteiger partial charge on any atom is -0.493 e. The maximum atomic E-state index is 12.1. The number of carbonyl (C=O) groups is 1. The molecule has 0 fully saturated rings. The van der Waals surface area contributed by atoms with Gasteiger partial charge >= 0.3 is 0 Å². The zero-order chi connectivity index (χ0) is 20.1. The van der Waals surface area contributed by atoms with Crippen molar-refractivity contribution in [1.82, 2.24) is 15.2 Å². The lowest BCUT2D eigenvalue weighted by atomic mass is 10.1. The highest BCUT2D eigenvalue weighted by Crippen LogP contribution is 2.31. The van der Waals surface area contributed by atoms with Gasteiger partial charge in [-0.15, -0.1) is 21.5 Å². The van der Waals surface area contributed by atoms with E-state index in [0.29, 0.717) is 27.4 Å². The minimum absolute atomic E-state index is 0.121. The first-order valence-electron chi connectivity index (χ1n) is 8.43. The van der Waals surface area contributed by atoms with Crippen LogP contribution >= 0.6 is 23.1 Å². The number of carbonyl (C=O) groups excluding carboxylic acids is 1. The first-order valence-corrected chi connectivity index (χ1v) is 10.2. The van der Waals surface area contributed by atoms with Crippen LogP contribution in [0.2, 0.25) is 0 Å². The Bertz CT molecular complexity index is 954. The molecule has 3 aromatic rings. The first kappa shape index (κ1) is 20.1. The number of amides is 1. The maximum absolute atomic E-state index is 12.1. The SMILES string of the molecule is COc1ccc(-c2ccc(SCC(=O)Nc3nc(C)c(C)s3)nn2)cc1OC. The second-order valence-corrected chi connectivity index (χ2v) is 8.02. The van der Waals surface area contributed by atoms with Gasteiger partial charge in [0.1, 0.15) is 5.03 Å². The van der Waals surface area contributed by atoms with Crippen LogP contribution in [0.15, 0.2) is 35.4 Å². The number of rotatable bonds is 7. The summed E-state index contributed by atoms with van der Waals surface area (Å²) in [4.78, 5) is 17.5. The predicted molar refractivity (Wildman–Crippen MR) is 112 cm³/mol. The van der Waals surface area contributed by atoms with Gasteiger partial charge in [0, 0.05) is 10.4 Å². The molecule has 9 heteroatoms. The topological polar surface area (TPSA) is 86.2 Å². The number of hydrogen-bond donors (Lipinski definition) is 1. The summed E-state index contributed by atoms with van der Waals surface area (Å²) in [6.45, 7) is 3.90. The summed E-state index contributed by atoms with van der Waals surface area (Å²) in [6, 6.07) is 9.27. The summed E-state index contributed by atoms with van der Waals surface area (Å²) in [6.07, 6.45) is 0. The third-order valence-electron chi connectivity index (χ3n) is 3.95. The van der Waals surface area contributed by atoms with Crippen molar-refractivity contribution in [2.24, 2.45) is 0 Å². The largest absolute Gasteiger partial charge is 0.493 e. The summed E-state index contributed by atoms with van der Waals surface area (Å²) in [5, 5.41) is 12.5. The number of hydrogen-bond acceptors (Lipinski definition) is 8. The second kappa shape index (κ2) is 9.03. The monoisotopic (exact) mass is 416 g/mol. The van der Waals surface area contributed by atoms with E-state index in [0.717, 1.165) is 16.1 Å². The van der Waals surface area contributed by atoms with Gasteiger partial charge in [0.2, 0.25) is 5.91 Å². The molecule has 0 aliphatic carbocycles. The number of thioether (sulfide) groups is 1. The van der Waals surface area contributed by atoms with Crippen LogP contribution in [0.1, 0.15) is 10.6 Å². The molecule has 0 spiro atoms. The van der Waals surface area contributed by atoms with Crippen molar-refractivity contribution in [3.8, 4) is 22.8 Å². The number of thiazole rings is 1. The summed E-state index contributed by atoms with van der Waals surface area (Å²) in [5.74, 6) is 1.40. The number of nitrogens with zero attached hydrogens (tertiary/aromatic N) is 3. The van der Waals surface area contributed by atoms with Gasteiger partial charge in [-0.3, -0.25) is 4.79 Å². The lowest BCUT2D eigenvalue weighted by Gasteiger charge is -2.09. The van der Waals surface area contributed by atoms with E-state index in [4.69, 9.17) is 9.47 Å². The van der Waals surface area contributed by atoms with Gasteiger partial charge in [-0.2, -0.15) is 0 Å². The van der Waals surface area contributed by atoms with Crippen molar-refractivity contribution in [2.45, 2.75) is 18.9 Å². The number of benzene rings is 1. The zero-order valence-corrected chi connectivity index (χ0v) is 17.6. The molecule has 0 bridgehead atoms. The number of ether oxygens (including phenoxy) is 2. The molecule has 0 saturated carbocycles. The Hall–Kier alpha value is -2.65. The fraction of sp³-hybridized carbons (Fsp3) is 0.263. The minimum atomic E-state index is -0.121. The van der Waals surface area contributed by atoms with Gasteiger partial charge in [-0.05, 0) is 44.2 Å². The number of aromatic nitrogens is 3. The van der Waals surface area contributed by atoms with Crippen molar-refractivity contribution >= 4 is 34.1 Å². The molecular formula is C19H20N4O3S2. The molecule has 28 heavy (non-hydrogen) atoms. The van der Waals surface area contributed by atoms with Gasteiger partial charge < -0.3 is 14.8 Å². The highest BCUT2D eigenvalue weighted by Gasteiger charge is 2.11. The van der Waals surface area contributed by atoms with Gasteiger partial charge in [0.15, 0.2) is 16.6 Å². The maximum Gasteiger partial charge on any atom is 0.236 e. The van der Waals surface area contributed by atoms with Crippen molar-refractivity contribution in [2.75, 3.05) is 25.3 Å². The third-order valence-corrected chi connectivity index (χ3v) is 5.85. The summed E-state index contributed by atoms with van der Waals surface area (Å²) in [7, 11) is 3.18. The van der Waals surface area contributed by atoms with Crippen LogP contribution < -0.4 is 14.8 Å². The van der Waals surface area contributed by atoms with E-state index >= 15 is 0 Å². The lowest BCUT2D eigenvalue weighted by molar-refractivity contribution is -0.113. The molecule has 1 N–H and O–H groups in total. The molecule has 7 nitrogen and oxygen atoms in total. The third kappa shape index (κ3) is 4.79. The molecule has 0 aliphatic heterocycles. The quantitative estimate of drug-likeness (QED) is 0.583. The van der Waals surface area contributed by atoms with Crippen molar-refractivity contribution in [3.63, 3.8) is 0 Å². The van der Waals surface area contributed by atoms with Crippen LogP contribution in [-0.2, 0) is 4.79 Å². The number of anilines is 1. The van der Waals surface area contributed by atoms with E-state index in [1.807, 2.05) is 44.2 Å². The Morgan fingerprint density at radius 2 is 1.89 bits per heavy atom.